The number of non-ortho nitro benzene ring substituents is 1. The van der Waals surface area contributed by atoms with E-state index < -0.39 is 4.92 Å². The lowest BCUT2D eigenvalue weighted by atomic mass is 10.2. The Morgan fingerprint density at radius 1 is 1.14 bits per heavy atom. The number of hydrogen-bond donors (Lipinski definition) is 0. The molecule has 100 valence electrons. The number of fused-ring (bicyclic) bond motifs is 1. The third-order valence-electron chi connectivity index (χ3n) is 2.88. The maximum atomic E-state index is 11.1. The summed E-state index contributed by atoms with van der Waals surface area (Å²) in [6, 6.07) is 11.5. The summed E-state index contributed by atoms with van der Waals surface area (Å²) in [4.78, 5) is 23.1. The van der Waals surface area contributed by atoms with Crippen LogP contribution in [0.25, 0.3) is 22.4 Å². The van der Waals surface area contributed by atoms with E-state index in [0.29, 0.717) is 11.2 Å². The minimum atomic E-state index is -0.523. The molecule has 0 unspecified atom stereocenters. The highest BCUT2D eigenvalue weighted by Gasteiger charge is 2.18. The largest absolute Gasteiger partial charge is 0.297 e. The average Bonchev–Trinajstić information content (AvgIpc) is 2.53. The zero-order chi connectivity index (χ0) is 14.8. The maximum absolute atomic E-state index is 11.1. The molecule has 0 amide bonds. The number of nitro groups is 1. The van der Waals surface area contributed by atoms with Gasteiger partial charge in [-0.2, -0.15) is 5.26 Å². The van der Waals surface area contributed by atoms with Gasteiger partial charge in [0.1, 0.15) is 11.8 Å². The Hall–Kier alpha value is -3.40. The second-order valence-electron chi connectivity index (χ2n) is 4.15. The predicted octanol–water partition coefficient (Wildman–Crippen LogP) is 2.47. The first-order valence-corrected chi connectivity index (χ1v) is 5.97. The second kappa shape index (κ2) is 4.94. The monoisotopic (exact) mass is 277 g/mol. The number of nitro benzene ring substituents is 1. The first-order valence-electron chi connectivity index (χ1n) is 5.97. The van der Waals surface area contributed by atoms with Crippen molar-refractivity contribution < 1.29 is 4.92 Å². The standard InChI is InChI=1S/C14H7N5O2/c15-8-11-13(9-4-1-2-7-16-9)18-14-10(17-11)5-3-6-12(14)19(20)21/h1-7H. The number of rotatable bonds is 2. The van der Waals surface area contributed by atoms with Crippen molar-refractivity contribution >= 4 is 16.7 Å². The van der Waals surface area contributed by atoms with Crippen molar-refractivity contribution in [2.24, 2.45) is 0 Å². The molecule has 21 heavy (non-hydrogen) atoms. The summed E-state index contributed by atoms with van der Waals surface area (Å²) in [7, 11) is 0. The van der Waals surface area contributed by atoms with E-state index in [0.717, 1.165) is 0 Å². The molecule has 1 aromatic carbocycles. The van der Waals surface area contributed by atoms with Crippen LogP contribution in [0.1, 0.15) is 5.69 Å². The Bertz CT molecular complexity index is 887. The zero-order valence-corrected chi connectivity index (χ0v) is 10.6. The van der Waals surface area contributed by atoms with Crippen LogP contribution in [-0.2, 0) is 0 Å². The number of nitriles is 1. The fourth-order valence-corrected chi connectivity index (χ4v) is 1.97. The normalized spacial score (nSPS) is 10.2. The fraction of sp³-hybridized carbons (Fsp3) is 0. The highest BCUT2D eigenvalue weighted by molar-refractivity contribution is 5.86. The summed E-state index contributed by atoms with van der Waals surface area (Å²) in [5, 5.41) is 20.3. The van der Waals surface area contributed by atoms with Crippen molar-refractivity contribution in [3.63, 3.8) is 0 Å². The molecule has 2 aromatic heterocycles. The molecule has 3 rings (SSSR count). The third-order valence-corrected chi connectivity index (χ3v) is 2.88. The second-order valence-corrected chi connectivity index (χ2v) is 4.15. The number of aromatic nitrogens is 3. The van der Waals surface area contributed by atoms with Gasteiger partial charge in [0.2, 0.25) is 0 Å². The molecule has 0 saturated carbocycles. The summed E-state index contributed by atoms with van der Waals surface area (Å²) in [6.45, 7) is 0. The van der Waals surface area contributed by atoms with E-state index in [1.54, 1.807) is 30.5 Å². The van der Waals surface area contributed by atoms with Gasteiger partial charge in [-0.15, -0.1) is 0 Å². The first kappa shape index (κ1) is 12.6. The Balaban J connectivity index is 2.37. The van der Waals surface area contributed by atoms with Crippen LogP contribution in [-0.4, -0.2) is 19.9 Å². The highest BCUT2D eigenvalue weighted by Crippen LogP contribution is 2.26. The number of para-hydroxylation sites is 1. The molecule has 0 N–H and O–H groups in total. The average molecular weight is 277 g/mol. The molecule has 0 bridgehead atoms. The van der Waals surface area contributed by atoms with Crippen molar-refractivity contribution in [2.75, 3.05) is 0 Å². The third kappa shape index (κ3) is 2.15. The number of pyridine rings is 1. The van der Waals surface area contributed by atoms with Crippen LogP contribution in [0.15, 0.2) is 42.6 Å². The van der Waals surface area contributed by atoms with Gasteiger partial charge in [-0.1, -0.05) is 12.1 Å². The van der Waals surface area contributed by atoms with Gasteiger partial charge in [0, 0.05) is 12.3 Å². The molecule has 0 fully saturated rings. The Kier molecular flexibility index (Phi) is 2.97. The van der Waals surface area contributed by atoms with E-state index >= 15 is 0 Å². The summed E-state index contributed by atoms with van der Waals surface area (Å²) >= 11 is 0. The van der Waals surface area contributed by atoms with E-state index in [1.165, 1.54) is 12.1 Å². The Labute approximate surface area is 118 Å². The molecular formula is C14H7N5O2. The SMILES string of the molecule is N#Cc1nc2cccc([N+](=O)[O-])c2nc1-c1ccccn1. The topological polar surface area (TPSA) is 106 Å². The van der Waals surface area contributed by atoms with Crippen molar-refractivity contribution in [3.05, 3.63) is 58.4 Å². The molecule has 0 spiro atoms. The summed E-state index contributed by atoms with van der Waals surface area (Å²) in [5.41, 5.74) is 1.06. The predicted molar refractivity (Wildman–Crippen MR) is 74.1 cm³/mol. The van der Waals surface area contributed by atoms with Crippen LogP contribution in [0.4, 0.5) is 5.69 Å². The number of benzene rings is 1. The Morgan fingerprint density at radius 3 is 2.67 bits per heavy atom. The quantitative estimate of drug-likeness (QED) is 0.526. The van der Waals surface area contributed by atoms with Crippen LogP contribution in [0.3, 0.4) is 0 Å². The van der Waals surface area contributed by atoms with Gasteiger partial charge in [-0.3, -0.25) is 15.1 Å². The van der Waals surface area contributed by atoms with Crippen molar-refractivity contribution in [1.29, 1.82) is 5.26 Å². The lowest BCUT2D eigenvalue weighted by molar-refractivity contribution is -0.383. The molecule has 0 aliphatic rings. The smallest absolute Gasteiger partial charge is 0.258 e. The molecule has 0 radical (unpaired) electrons. The molecule has 0 aliphatic carbocycles. The van der Waals surface area contributed by atoms with E-state index in [-0.39, 0.29) is 22.6 Å². The van der Waals surface area contributed by atoms with Crippen molar-refractivity contribution in [3.8, 4) is 17.5 Å². The van der Waals surface area contributed by atoms with Crippen LogP contribution < -0.4 is 0 Å². The summed E-state index contributed by atoms with van der Waals surface area (Å²) in [5.74, 6) is 0. The van der Waals surface area contributed by atoms with Gasteiger partial charge in [0.15, 0.2) is 11.2 Å². The Morgan fingerprint density at radius 2 is 2.00 bits per heavy atom. The molecule has 0 atom stereocenters. The molecule has 0 aliphatic heterocycles. The van der Waals surface area contributed by atoms with Gasteiger partial charge in [0.25, 0.3) is 5.69 Å². The van der Waals surface area contributed by atoms with E-state index in [1.807, 2.05) is 6.07 Å². The minimum Gasteiger partial charge on any atom is -0.258 e. The van der Waals surface area contributed by atoms with E-state index in [9.17, 15) is 15.4 Å². The minimum absolute atomic E-state index is 0.0849. The number of nitrogens with zero attached hydrogens (tertiary/aromatic N) is 5. The van der Waals surface area contributed by atoms with Gasteiger partial charge in [-0.25, -0.2) is 9.97 Å². The summed E-state index contributed by atoms with van der Waals surface area (Å²) in [6.07, 6.45) is 1.56. The molecule has 2 heterocycles. The fourth-order valence-electron chi connectivity index (χ4n) is 1.97. The molecular weight excluding hydrogens is 270 g/mol. The maximum Gasteiger partial charge on any atom is 0.297 e. The van der Waals surface area contributed by atoms with Gasteiger partial charge >= 0.3 is 0 Å². The van der Waals surface area contributed by atoms with Crippen LogP contribution in [0.5, 0.6) is 0 Å². The molecule has 7 heteroatoms. The lowest BCUT2D eigenvalue weighted by Gasteiger charge is -2.04. The van der Waals surface area contributed by atoms with Gasteiger partial charge < -0.3 is 0 Å². The van der Waals surface area contributed by atoms with Crippen LogP contribution in [0, 0.1) is 21.4 Å². The van der Waals surface area contributed by atoms with E-state index in [2.05, 4.69) is 15.0 Å². The van der Waals surface area contributed by atoms with Gasteiger partial charge in [0.05, 0.1) is 16.1 Å². The molecule has 3 aromatic rings. The van der Waals surface area contributed by atoms with E-state index in [4.69, 9.17) is 0 Å². The zero-order valence-electron chi connectivity index (χ0n) is 10.6. The highest BCUT2D eigenvalue weighted by atomic mass is 16.6. The molecule has 0 saturated heterocycles. The van der Waals surface area contributed by atoms with Crippen molar-refractivity contribution in [1.82, 2.24) is 15.0 Å². The number of hydrogen-bond acceptors (Lipinski definition) is 6. The van der Waals surface area contributed by atoms with Crippen molar-refractivity contribution in [2.45, 2.75) is 0 Å². The lowest BCUT2D eigenvalue weighted by Crippen LogP contribution is -1.99. The first-order chi connectivity index (χ1) is 10.2. The van der Waals surface area contributed by atoms with Crippen LogP contribution in [0.2, 0.25) is 0 Å². The van der Waals surface area contributed by atoms with Gasteiger partial charge in [-0.05, 0) is 18.2 Å². The molecule has 7 nitrogen and oxygen atoms in total. The summed E-state index contributed by atoms with van der Waals surface area (Å²) < 4.78 is 0. The van der Waals surface area contributed by atoms with Crippen LogP contribution >= 0.6 is 0 Å².